The monoisotopic (exact) mass is 297 g/mol. The van der Waals surface area contributed by atoms with Crippen LogP contribution in [0.15, 0.2) is 47.5 Å². The van der Waals surface area contributed by atoms with Crippen molar-refractivity contribution in [3.63, 3.8) is 0 Å². The molecule has 0 aliphatic carbocycles. The van der Waals surface area contributed by atoms with Gasteiger partial charge >= 0.3 is 0 Å². The zero-order valence-corrected chi connectivity index (χ0v) is 12.2. The van der Waals surface area contributed by atoms with Gasteiger partial charge < -0.3 is 4.74 Å². The highest BCUT2D eigenvalue weighted by atomic mass is 32.1. The molecule has 0 bridgehead atoms. The summed E-state index contributed by atoms with van der Waals surface area (Å²) in [7, 11) is 0. The lowest BCUT2D eigenvalue weighted by atomic mass is 10.1. The molecule has 0 N–H and O–H groups in total. The molecule has 0 aliphatic rings. The molecular weight excluding hydrogens is 285 g/mol. The molecule has 2 aromatic carbocycles. The Morgan fingerprint density at radius 3 is 2.38 bits per heavy atom. The summed E-state index contributed by atoms with van der Waals surface area (Å²) >= 11 is 4.45. The standard InChI is InChI=1S/C17H12FNOS/c1-2-20-15-8-5-13(6-9-15)3-4-14-7-10-17(19-12-21)16(18)11-14/h5-11H,2H2,1H3. The maximum atomic E-state index is 13.6. The van der Waals surface area contributed by atoms with Crippen LogP contribution in [0.5, 0.6) is 5.75 Å². The van der Waals surface area contributed by atoms with Crippen LogP contribution in [0.2, 0.25) is 0 Å². The van der Waals surface area contributed by atoms with E-state index in [-0.39, 0.29) is 5.69 Å². The predicted octanol–water partition coefficient (Wildman–Crippen LogP) is 4.36. The lowest BCUT2D eigenvalue weighted by Gasteiger charge is -2.01. The molecule has 0 aromatic heterocycles. The van der Waals surface area contributed by atoms with Gasteiger partial charge in [-0.2, -0.15) is 4.99 Å². The zero-order valence-electron chi connectivity index (χ0n) is 11.4. The van der Waals surface area contributed by atoms with Crippen molar-refractivity contribution >= 4 is 23.1 Å². The molecule has 104 valence electrons. The Morgan fingerprint density at radius 2 is 1.76 bits per heavy atom. The molecule has 0 saturated heterocycles. The highest BCUT2D eigenvalue weighted by Gasteiger charge is 2.00. The molecule has 2 nitrogen and oxygen atoms in total. The second-order valence-corrected chi connectivity index (χ2v) is 4.26. The topological polar surface area (TPSA) is 21.6 Å². The first-order chi connectivity index (χ1) is 10.2. The van der Waals surface area contributed by atoms with Crippen LogP contribution in [0.25, 0.3) is 0 Å². The van der Waals surface area contributed by atoms with Gasteiger partial charge in [0.05, 0.1) is 11.8 Å². The van der Waals surface area contributed by atoms with E-state index in [2.05, 4.69) is 34.2 Å². The number of isothiocyanates is 1. The van der Waals surface area contributed by atoms with Crippen molar-refractivity contribution in [3.05, 3.63) is 59.4 Å². The van der Waals surface area contributed by atoms with E-state index >= 15 is 0 Å². The Kier molecular flexibility index (Phi) is 5.22. The van der Waals surface area contributed by atoms with E-state index < -0.39 is 5.82 Å². The normalized spacial score (nSPS) is 9.24. The predicted molar refractivity (Wildman–Crippen MR) is 84.7 cm³/mol. The SMILES string of the molecule is CCOc1ccc(C#Cc2ccc(N=C=S)c(F)c2)cc1. The number of ether oxygens (including phenoxy) is 1. The largest absolute Gasteiger partial charge is 0.494 e. The highest BCUT2D eigenvalue weighted by Crippen LogP contribution is 2.18. The van der Waals surface area contributed by atoms with Crippen LogP contribution in [0.3, 0.4) is 0 Å². The van der Waals surface area contributed by atoms with E-state index in [0.717, 1.165) is 11.3 Å². The first-order valence-corrected chi connectivity index (χ1v) is 6.76. The fourth-order valence-electron chi connectivity index (χ4n) is 1.67. The van der Waals surface area contributed by atoms with E-state index in [0.29, 0.717) is 12.2 Å². The fraction of sp³-hybridized carbons (Fsp3) is 0.118. The summed E-state index contributed by atoms with van der Waals surface area (Å²) in [4.78, 5) is 3.62. The summed E-state index contributed by atoms with van der Waals surface area (Å²) in [5.74, 6) is 6.21. The van der Waals surface area contributed by atoms with Gasteiger partial charge in [-0.3, -0.25) is 0 Å². The van der Waals surface area contributed by atoms with E-state index in [1.807, 2.05) is 31.2 Å². The first-order valence-electron chi connectivity index (χ1n) is 6.35. The molecular formula is C17H12FNOS. The smallest absolute Gasteiger partial charge is 0.150 e. The fourth-order valence-corrected chi connectivity index (χ4v) is 1.77. The molecule has 0 amide bonds. The minimum Gasteiger partial charge on any atom is -0.494 e. The minimum absolute atomic E-state index is 0.164. The number of rotatable bonds is 3. The third-order valence-corrected chi connectivity index (χ3v) is 2.72. The Morgan fingerprint density at radius 1 is 1.10 bits per heavy atom. The number of nitrogens with zero attached hydrogens (tertiary/aromatic N) is 1. The Labute approximate surface area is 128 Å². The van der Waals surface area contributed by atoms with Crippen molar-refractivity contribution in [1.82, 2.24) is 0 Å². The van der Waals surface area contributed by atoms with Crippen LogP contribution in [0, 0.1) is 17.7 Å². The van der Waals surface area contributed by atoms with Gasteiger partial charge in [-0.25, -0.2) is 4.39 Å². The number of halogens is 1. The van der Waals surface area contributed by atoms with Crippen LogP contribution < -0.4 is 4.74 Å². The highest BCUT2D eigenvalue weighted by molar-refractivity contribution is 7.78. The van der Waals surface area contributed by atoms with Gasteiger partial charge in [-0.1, -0.05) is 11.8 Å². The van der Waals surface area contributed by atoms with Crippen LogP contribution in [-0.4, -0.2) is 11.8 Å². The lowest BCUT2D eigenvalue weighted by molar-refractivity contribution is 0.340. The average molecular weight is 297 g/mol. The van der Waals surface area contributed by atoms with E-state index in [9.17, 15) is 4.39 Å². The summed E-state index contributed by atoms with van der Waals surface area (Å²) < 4.78 is 19.0. The lowest BCUT2D eigenvalue weighted by Crippen LogP contribution is -1.90. The Balaban J connectivity index is 2.18. The summed E-state index contributed by atoms with van der Waals surface area (Å²) in [6.07, 6.45) is 0. The summed E-state index contributed by atoms with van der Waals surface area (Å²) in [5, 5.41) is 2.14. The van der Waals surface area contributed by atoms with Gasteiger partial charge in [0.15, 0.2) is 5.82 Å². The van der Waals surface area contributed by atoms with E-state index in [1.54, 1.807) is 6.07 Å². The maximum Gasteiger partial charge on any atom is 0.150 e. The molecule has 0 aliphatic heterocycles. The Hall–Kier alpha value is -2.47. The molecule has 0 spiro atoms. The zero-order chi connectivity index (χ0) is 15.1. The molecule has 2 rings (SSSR count). The third kappa shape index (κ3) is 4.25. The summed E-state index contributed by atoms with van der Waals surface area (Å²) in [6, 6.07) is 12.0. The van der Waals surface area contributed by atoms with Gasteiger partial charge in [-0.15, -0.1) is 0 Å². The molecule has 0 radical (unpaired) electrons. The number of aliphatic imine (C=N–C) groups is 1. The number of hydrogen-bond donors (Lipinski definition) is 0. The minimum atomic E-state index is -0.467. The van der Waals surface area contributed by atoms with Crippen molar-refractivity contribution in [1.29, 1.82) is 0 Å². The number of hydrogen-bond acceptors (Lipinski definition) is 3. The van der Waals surface area contributed by atoms with E-state index in [1.165, 1.54) is 12.1 Å². The van der Waals surface area contributed by atoms with E-state index in [4.69, 9.17) is 4.74 Å². The second kappa shape index (κ2) is 7.35. The molecule has 0 heterocycles. The van der Waals surface area contributed by atoms with Crippen LogP contribution in [-0.2, 0) is 0 Å². The van der Waals surface area contributed by atoms with Gasteiger partial charge in [-0.05, 0) is 61.6 Å². The molecule has 21 heavy (non-hydrogen) atoms. The molecule has 2 aromatic rings. The van der Waals surface area contributed by atoms with Crippen molar-refractivity contribution in [2.24, 2.45) is 4.99 Å². The average Bonchev–Trinajstić information content (AvgIpc) is 2.49. The van der Waals surface area contributed by atoms with Crippen LogP contribution in [0.1, 0.15) is 18.1 Å². The molecule has 4 heteroatoms. The van der Waals surface area contributed by atoms with Crippen molar-refractivity contribution < 1.29 is 9.13 Å². The van der Waals surface area contributed by atoms with Crippen molar-refractivity contribution in [3.8, 4) is 17.6 Å². The number of thiocarbonyl (C=S) groups is 1. The quantitative estimate of drug-likeness (QED) is 0.477. The maximum absolute atomic E-state index is 13.6. The van der Waals surface area contributed by atoms with Gasteiger partial charge in [0.1, 0.15) is 11.4 Å². The van der Waals surface area contributed by atoms with Gasteiger partial charge in [0.25, 0.3) is 0 Å². The van der Waals surface area contributed by atoms with Crippen LogP contribution >= 0.6 is 12.2 Å². The summed E-state index contributed by atoms with van der Waals surface area (Å²) in [5.41, 5.74) is 1.57. The molecule has 0 unspecified atom stereocenters. The van der Waals surface area contributed by atoms with Gasteiger partial charge in [0.2, 0.25) is 0 Å². The third-order valence-electron chi connectivity index (χ3n) is 2.63. The van der Waals surface area contributed by atoms with Crippen molar-refractivity contribution in [2.75, 3.05) is 6.61 Å². The second-order valence-electron chi connectivity index (χ2n) is 4.08. The molecule has 0 fully saturated rings. The molecule has 0 saturated carbocycles. The van der Waals surface area contributed by atoms with Gasteiger partial charge in [0, 0.05) is 11.1 Å². The summed E-state index contributed by atoms with van der Waals surface area (Å²) in [6.45, 7) is 2.56. The molecule has 0 atom stereocenters. The van der Waals surface area contributed by atoms with Crippen LogP contribution in [0.4, 0.5) is 10.1 Å². The van der Waals surface area contributed by atoms with Crippen molar-refractivity contribution in [2.45, 2.75) is 6.92 Å². The number of benzene rings is 2. The Bertz CT molecular complexity index is 738. The first kappa shape index (κ1) is 14.9.